The molecule has 2 rings (SSSR count). The van der Waals surface area contributed by atoms with E-state index in [1.165, 1.54) is 30.4 Å². The van der Waals surface area contributed by atoms with Gasteiger partial charge in [0.2, 0.25) is 0 Å². The summed E-state index contributed by atoms with van der Waals surface area (Å²) in [7, 11) is 0. The van der Waals surface area contributed by atoms with Crippen LogP contribution in [0.15, 0.2) is 24.3 Å². The lowest BCUT2D eigenvalue weighted by Crippen LogP contribution is -2.29. The molecular weight excluding hydrogens is 186 g/mol. The number of hydrogen-bond acceptors (Lipinski definition) is 2. The highest BCUT2D eigenvalue weighted by Crippen LogP contribution is 2.11. The highest BCUT2D eigenvalue weighted by atomic mass is 16.7. The van der Waals surface area contributed by atoms with Gasteiger partial charge in [-0.2, -0.15) is 5.06 Å². The molecule has 0 radical (unpaired) electrons. The molecule has 2 heteroatoms. The first kappa shape index (κ1) is 10.7. The van der Waals surface area contributed by atoms with Crippen LogP contribution in [0.3, 0.4) is 0 Å². The van der Waals surface area contributed by atoms with E-state index in [4.69, 9.17) is 4.84 Å². The van der Waals surface area contributed by atoms with Crippen LogP contribution in [0.4, 0.5) is 0 Å². The maximum atomic E-state index is 5.74. The van der Waals surface area contributed by atoms with Crippen molar-refractivity contribution < 1.29 is 4.84 Å². The molecule has 1 aliphatic rings. The fourth-order valence-corrected chi connectivity index (χ4v) is 1.84. The largest absolute Gasteiger partial charge is 0.294 e. The van der Waals surface area contributed by atoms with Gasteiger partial charge < -0.3 is 0 Å². The summed E-state index contributed by atoms with van der Waals surface area (Å²) in [5, 5.41) is 2.10. The van der Waals surface area contributed by atoms with Crippen LogP contribution in [0.25, 0.3) is 0 Å². The van der Waals surface area contributed by atoms with Crippen molar-refractivity contribution in [3.05, 3.63) is 35.4 Å². The van der Waals surface area contributed by atoms with E-state index in [0.29, 0.717) is 6.61 Å². The van der Waals surface area contributed by atoms with Gasteiger partial charge in [-0.1, -0.05) is 36.2 Å². The van der Waals surface area contributed by atoms with E-state index in [2.05, 4.69) is 36.3 Å². The lowest BCUT2D eigenvalue weighted by Gasteiger charge is -2.25. The summed E-state index contributed by atoms with van der Waals surface area (Å²) >= 11 is 0. The smallest absolute Gasteiger partial charge is 0.0935 e. The summed E-state index contributed by atoms with van der Waals surface area (Å²) in [5.41, 5.74) is 2.56. The van der Waals surface area contributed by atoms with Crippen molar-refractivity contribution in [1.29, 1.82) is 0 Å². The van der Waals surface area contributed by atoms with Gasteiger partial charge in [-0.05, 0) is 25.3 Å². The zero-order valence-corrected chi connectivity index (χ0v) is 9.41. The van der Waals surface area contributed by atoms with Gasteiger partial charge >= 0.3 is 0 Å². The van der Waals surface area contributed by atoms with Gasteiger partial charge in [0.1, 0.15) is 0 Å². The molecule has 0 aliphatic carbocycles. The van der Waals surface area contributed by atoms with Crippen LogP contribution in [-0.4, -0.2) is 18.2 Å². The molecule has 1 heterocycles. The van der Waals surface area contributed by atoms with Crippen LogP contribution in [0.5, 0.6) is 0 Å². The second-order valence-electron chi connectivity index (χ2n) is 4.25. The Bertz CT molecular complexity index is 288. The van der Waals surface area contributed by atoms with E-state index in [0.717, 1.165) is 13.1 Å². The van der Waals surface area contributed by atoms with Gasteiger partial charge in [0.05, 0.1) is 6.61 Å². The van der Waals surface area contributed by atoms with Gasteiger partial charge in [0, 0.05) is 13.1 Å². The highest BCUT2D eigenvalue weighted by molar-refractivity contribution is 5.20. The molecule has 0 aromatic heterocycles. The Labute approximate surface area is 91.8 Å². The number of nitrogens with zero attached hydrogens (tertiary/aromatic N) is 1. The first-order chi connectivity index (χ1) is 7.34. The number of rotatable bonds is 3. The summed E-state index contributed by atoms with van der Waals surface area (Å²) in [6, 6.07) is 8.54. The SMILES string of the molecule is Cc1ccc(CON2CCCCC2)cc1. The zero-order valence-electron chi connectivity index (χ0n) is 9.41. The Morgan fingerprint density at radius 3 is 2.40 bits per heavy atom. The molecule has 0 saturated carbocycles. The highest BCUT2D eigenvalue weighted by Gasteiger charge is 2.09. The Morgan fingerprint density at radius 1 is 1.07 bits per heavy atom. The molecule has 0 N–H and O–H groups in total. The summed E-state index contributed by atoms with van der Waals surface area (Å²) < 4.78 is 0. The van der Waals surface area contributed by atoms with Crippen LogP contribution in [0, 0.1) is 6.92 Å². The minimum Gasteiger partial charge on any atom is -0.294 e. The standard InChI is InChI=1S/C13H19NO/c1-12-5-7-13(8-6-12)11-15-14-9-3-2-4-10-14/h5-8H,2-4,9-11H2,1H3. The number of hydrogen-bond donors (Lipinski definition) is 0. The minimum absolute atomic E-state index is 0.709. The van der Waals surface area contributed by atoms with Gasteiger partial charge in [-0.15, -0.1) is 0 Å². The van der Waals surface area contributed by atoms with Crippen molar-refractivity contribution in [2.75, 3.05) is 13.1 Å². The Balaban J connectivity index is 1.79. The van der Waals surface area contributed by atoms with Crippen molar-refractivity contribution in [2.45, 2.75) is 32.8 Å². The predicted octanol–water partition coefficient (Wildman–Crippen LogP) is 2.91. The molecule has 0 bridgehead atoms. The molecule has 0 unspecified atom stereocenters. The van der Waals surface area contributed by atoms with E-state index in [9.17, 15) is 0 Å². The first-order valence-electron chi connectivity index (χ1n) is 5.78. The summed E-state index contributed by atoms with van der Waals surface area (Å²) in [6.45, 7) is 4.99. The van der Waals surface area contributed by atoms with E-state index < -0.39 is 0 Å². The molecule has 1 aromatic carbocycles. The Hall–Kier alpha value is -0.860. The number of hydroxylamine groups is 2. The molecule has 1 saturated heterocycles. The minimum atomic E-state index is 0.709. The predicted molar refractivity (Wildman–Crippen MR) is 61.4 cm³/mol. The fraction of sp³-hybridized carbons (Fsp3) is 0.538. The van der Waals surface area contributed by atoms with E-state index in [1.807, 2.05) is 0 Å². The molecule has 1 fully saturated rings. The summed E-state index contributed by atoms with van der Waals surface area (Å²) in [5.74, 6) is 0. The summed E-state index contributed by atoms with van der Waals surface area (Å²) in [4.78, 5) is 5.74. The van der Waals surface area contributed by atoms with Crippen LogP contribution < -0.4 is 0 Å². The quantitative estimate of drug-likeness (QED) is 0.752. The first-order valence-corrected chi connectivity index (χ1v) is 5.78. The molecule has 0 amide bonds. The van der Waals surface area contributed by atoms with Gasteiger partial charge in [-0.3, -0.25) is 4.84 Å². The Kier molecular flexibility index (Phi) is 3.75. The van der Waals surface area contributed by atoms with Crippen LogP contribution in [0.1, 0.15) is 30.4 Å². The fourth-order valence-electron chi connectivity index (χ4n) is 1.84. The third-order valence-electron chi connectivity index (χ3n) is 2.85. The van der Waals surface area contributed by atoms with Crippen molar-refractivity contribution in [2.24, 2.45) is 0 Å². The third kappa shape index (κ3) is 3.33. The lowest BCUT2D eigenvalue weighted by atomic mass is 10.2. The van der Waals surface area contributed by atoms with Gasteiger partial charge in [0.15, 0.2) is 0 Å². The van der Waals surface area contributed by atoms with Crippen molar-refractivity contribution in [3.63, 3.8) is 0 Å². The monoisotopic (exact) mass is 205 g/mol. The molecule has 0 atom stereocenters. The van der Waals surface area contributed by atoms with E-state index in [1.54, 1.807) is 0 Å². The molecule has 0 spiro atoms. The van der Waals surface area contributed by atoms with Crippen molar-refractivity contribution in [1.82, 2.24) is 5.06 Å². The van der Waals surface area contributed by atoms with Crippen LogP contribution >= 0.6 is 0 Å². The Morgan fingerprint density at radius 2 is 1.73 bits per heavy atom. The molecular formula is C13H19NO. The molecule has 1 aliphatic heterocycles. The van der Waals surface area contributed by atoms with Crippen molar-refractivity contribution in [3.8, 4) is 0 Å². The second-order valence-corrected chi connectivity index (χ2v) is 4.25. The van der Waals surface area contributed by atoms with Crippen molar-refractivity contribution >= 4 is 0 Å². The molecule has 15 heavy (non-hydrogen) atoms. The molecule has 1 aromatic rings. The average Bonchev–Trinajstić information content (AvgIpc) is 2.30. The third-order valence-corrected chi connectivity index (χ3v) is 2.85. The molecule has 82 valence electrons. The number of aryl methyl sites for hydroxylation is 1. The lowest BCUT2D eigenvalue weighted by molar-refractivity contribution is -0.178. The second kappa shape index (κ2) is 5.29. The maximum Gasteiger partial charge on any atom is 0.0935 e. The van der Waals surface area contributed by atoms with Crippen LogP contribution in [0.2, 0.25) is 0 Å². The van der Waals surface area contributed by atoms with E-state index in [-0.39, 0.29) is 0 Å². The normalized spacial score (nSPS) is 17.9. The zero-order chi connectivity index (χ0) is 10.5. The van der Waals surface area contributed by atoms with Gasteiger partial charge in [-0.25, -0.2) is 0 Å². The maximum absolute atomic E-state index is 5.74. The molecule has 2 nitrogen and oxygen atoms in total. The number of piperidine rings is 1. The summed E-state index contributed by atoms with van der Waals surface area (Å²) in [6.07, 6.45) is 3.90. The number of benzene rings is 1. The van der Waals surface area contributed by atoms with Crippen LogP contribution in [-0.2, 0) is 11.4 Å². The topological polar surface area (TPSA) is 12.5 Å². The van der Waals surface area contributed by atoms with E-state index >= 15 is 0 Å². The average molecular weight is 205 g/mol. The van der Waals surface area contributed by atoms with Gasteiger partial charge in [0.25, 0.3) is 0 Å².